The first-order valence-corrected chi connectivity index (χ1v) is 4.54. The Morgan fingerprint density at radius 3 is 2.92 bits per heavy atom. The second-order valence-corrected chi connectivity index (χ2v) is 3.19. The van der Waals surface area contributed by atoms with Crippen LogP contribution in [0.15, 0.2) is 29.3 Å². The van der Waals surface area contributed by atoms with Crippen LogP contribution in [0.4, 0.5) is 0 Å². The lowest BCUT2D eigenvalue weighted by molar-refractivity contribution is 0.408. The van der Waals surface area contributed by atoms with E-state index in [1.165, 1.54) is 5.56 Å². The van der Waals surface area contributed by atoms with Gasteiger partial charge in [0, 0.05) is 24.2 Å². The molecule has 0 saturated heterocycles. The Balaban J connectivity index is 2.32. The molecule has 0 saturated carbocycles. The number of rotatable bonds is 2. The molecule has 0 amide bonds. The minimum absolute atomic E-state index is 0.455. The van der Waals surface area contributed by atoms with Crippen LogP contribution < -0.4 is 4.74 Å². The number of benzene rings is 1. The van der Waals surface area contributed by atoms with Gasteiger partial charge in [-0.3, -0.25) is 4.99 Å². The molecule has 0 N–H and O–H groups in total. The van der Waals surface area contributed by atoms with Crippen molar-refractivity contribution in [3.63, 3.8) is 0 Å². The van der Waals surface area contributed by atoms with E-state index in [1.54, 1.807) is 7.11 Å². The van der Waals surface area contributed by atoms with Crippen LogP contribution in [0.25, 0.3) is 0 Å². The van der Waals surface area contributed by atoms with E-state index in [-0.39, 0.29) is 0 Å². The monoisotopic (exact) mass is 175 g/mol. The second kappa shape index (κ2) is 3.60. The number of methoxy groups -OCH3 is 1. The van der Waals surface area contributed by atoms with E-state index in [9.17, 15) is 0 Å². The summed E-state index contributed by atoms with van der Waals surface area (Å²) in [5.74, 6) is 1.43. The van der Waals surface area contributed by atoms with Gasteiger partial charge >= 0.3 is 0 Å². The highest BCUT2D eigenvalue weighted by Gasteiger charge is 2.16. The standard InChI is InChI=1S/C11H13NO/c1-13-11-5-3-2-4-10(11)9-6-7-12-8-9/h2-5,8-9H,6-7H2,1H3/t9-/m0/s1. The molecule has 2 rings (SSSR count). The molecule has 0 fully saturated rings. The number of aliphatic imine (C=N–C) groups is 1. The van der Waals surface area contributed by atoms with Crippen LogP contribution in [0.3, 0.4) is 0 Å². The fraction of sp³-hybridized carbons (Fsp3) is 0.364. The first kappa shape index (κ1) is 8.30. The Morgan fingerprint density at radius 1 is 1.38 bits per heavy atom. The average Bonchev–Trinajstić information content (AvgIpc) is 2.70. The van der Waals surface area contributed by atoms with E-state index < -0.39 is 0 Å². The van der Waals surface area contributed by atoms with Crippen LogP contribution >= 0.6 is 0 Å². The lowest BCUT2D eigenvalue weighted by atomic mass is 9.98. The molecular formula is C11H13NO. The van der Waals surface area contributed by atoms with Gasteiger partial charge in [-0.25, -0.2) is 0 Å². The van der Waals surface area contributed by atoms with Crippen molar-refractivity contribution >= 4 is 6.21 Å². The summed E-state index contributed by atoms with van der Waals surface area (Å²) in [7, 11) is 1.71. The zero-order chi connectivity index (χ0) is 9.10. The van der Waals surface area contributed by atoms with E-state index in [2.05, 4.69) is 11.1 Å². The highest BCUT2D eigenvalue weighted by Crippen LogP contribution is 2.29. The third-order valence-electron chi connectivity index (χ3n) is 2.39. The van der Waals surface area contributed by atoms with Crippen molar-refractivity contribution < 1.29 is 4.74 Å². The Labute approximate surface area is 78.3 Å². The summed E-state index contributed by atoms with van der Waals surface area (Å²) in [6, 6.07) is 8.15. The summed E-state index contributed by atoms with van der Waals surface area (Å²) in [6.07, 6.45) is 3.14. The van der Waals surface area contributed by atoms with Gasteiger partial charge < -0.3 is 4.74 Å². The summed E-state index contributed by atoms with van der Waals surface area (Å²) in [4.78, 5) is 4.24. The van der Waals surface area contributed by atoms with Gasteiger partial charge in [0.2, 0.25) is 0 Å². The number of hydrogen-bond acceptors (Lipinski definition) is 2. The Kier molecular flexibility index (Phi) is 2.30. The van der Waals surface area contributed by atoms with Crippen LogP contribution in [0.2, 0.25) is 0 Å². The van der Waals surface area contributed by atoms with Crippen LogP contribution in [0, 0.1) is 0 Å². The van der Waals surface area contributed by atoms with Crippen molar-refractivity contribution in [1.82, 2.24) is 0 Å². The van der Waals surface area contributed by atoms with Crippen molar-refractivity contribution in [2.24, 2.45) is 4.99 Å². The highest BCUT2D eigenvalue weighted by atomic mass is 16.5. The van der Waals surface area contributed by atoms with E-state index in [1.807, 2.05) is 24.4 Å². The Hall–Kier alpha value is -1.31. The lowest BCUT2D eigenvalue weighted by Crippen LogP contribution is -1.99. The predicted octanol–water partition coefficient (Wildman–Crippen LogP) is 2.25. The van der Waals surface area contributed by atoms with Gasteiger partial charge in [-0.05, 0) is 12.5 Å². The average molecular weight is 175 g/mol. The molecule has 1 aliphatic heterocycles. The van der Waals surface area contributed by atoms with E-state index >= 15 is 0 Å². The van der Waals surface area contributed by atoms with E-state index in [4.69, 9.17) is 4.74 Å². The number of nitrogens with zero attached hydrogens (tertiary/aromatic N) is 1. The lowest BCUT2D eigenvalue weighted by Gasteiger charge is -2.11. The molecule has 1 heterocycles. The molecule has 1 aliphatic rings. The molecular weight excluding hydrogens is 162 g/mol. The van der Waals surface area contributed by atoms with Gasteiger partial charge in [0.05, 0.1) is 7.11 Å². The zero-order valence-corrected chi connectivity index (χ0v) is 7.73. The minimum atomic E-state index is 0.455. The van der Waals surface area contributed by atoms with Crippen molar-refractivity contribution in [2.45, 2.75) is 12.3 Å². The molecule has 13 heavy (non-hydrogen) atoms. The van der Waals surface area contributed by atoms with Crippen LogP contribution in [0.5, 0.6) is 5.75 Å². The summed E-state index contributed by atoms with van der Waals surface area (Å²) >= 11 is 0. The molecule has 1 aromatic rings. The molecule has 2 heteroatoms. The predicted molar refractivity (Wildman–Crippen MR) is 53.7 cm³/mol. The molecule has 0 aliphatic carbocycles. The third kappa shape index (κ3) is 1.57. The number of hydrogen-bond donors (Lipinski definition) is 0. The molecule has 0 bridgehead atoms. The minimum Gasteiger partial charge on any atom is -0.496 e. The SMILES string of the molecule is COc1ccccc1[C@@H]1C=NCC1. The molecule has 2 nitrogen and oxygen atoms in total. The van der Waals surface area contributed by atoms with Crippen LogP contribution in [-0.2, 0) is 0 Å². The maximum absolute atomic E-state index is 5.30. The fourth-order valence-electron chi connectivity index (χ4n) is 1.70. The summed E-state index contributed by atoms with van der Waals surface area (Å²) < 4.78 is 5.30. The Bertz CT molecular complexity index is 320. The first-order chi connectivity index (χ1) is 6.42. The molecule has 0 unspecified atom stereocenters. The summed E-state index contributed by atoms with van der Waals surface area (Å²) in [5.41, 5.74) is 1.26. The van der Waals surface area contributed by atoms with Crippen molar-refractivity contribution in [3.8, 4) is 5.75 Å². The van der Waals surface area contributed by atoms with Gasteiger partial charge in [0.15, 0.2) is 0 Å². The molecule has 0 aromatic heterocycles. The van der Waals surface area contributed by atoms with Crippen molar-refractivity contribution in [1.29, 1.82) is 0 Å². The molecule has 1 aromatic carbocycles. The smallest absolute Gasteiger partial charge is 0.122 e. The quantitative estimate of drug-likeness (QED) is 0.675. The fourth-order valence-corrected chi connectivity index (χ4v) is 1.70. The normalized spacial score (nSPS) is 20.5. The van der Waals surface area contributed by atoms with Crippen LogP contribution in [-0.4, -0.2) is 19.9 Å². The topological polar surface area (TPSA) is 21.6 Å². The second-order valence-electron chi connectivity index (χ2n) is 3.19. The van der Waals surface area contributed by atoms with Gasteiger partial charge in [-0.2, -0.15) is 0 Å². The maximum Gasteiger partial charge on any atom is 0.122 e. The Morgan fingerprint density at radius 2 is 2.23 bits per heavy atom. The molecule has 0 spiro atoms. The largest absolute Gasteiger partial charge is 0.496 e. The van der Waals surface area contributed by atoms with Crippen molar-refractivity contribution in [3.05, 3.63) is 29.8 Å². The van der Waals surface area contributed by atoms with E-state index in [0.717, 1.165) is 18.7 Å². The van der Waals surface area contributed by atoms with E-state index in [0.29, 0.717) is 5.92 Å². The van der Waals surface area contributed by atoms with Gasteiger partial charge in [0.25, 0.3) is 0 Å². The zero-order valence-electron chi connectivity index (χ0n) is 7.73. The van der Waals surface area contributed by atoms with Crippen molar-refractivity contribution in [2.75, 3.05) is 13.7 Å². The third-order valence-corrected chi connectivity index (χ3v) is 2.39. The van der Waals surface area contributed by atoms with Gasteiger partial charge in [0.1, 0.15) is 5.75 Å². The number of para-hydroxylation sites is 1. The summed E-state index contributed by atoms with van der Waals surface area (Å²) in [5, 5.41) is 0. The molecule has 68 valence electrons. The molecule has 0 radical (unpaired) electrons. The summed E-state index contributed by atoms with van der Waals surface area (Å²) in [6.45, 7) is 0.947. The molecule has 1 atom stereocenters. The van der Waals surface area contributed by atoms with Gasteiger partial charge in [-0.15, -0.1) is 0 Å². The maximum atomic E-state index is 5.30. The van der Waals surface area contributed by atoms with Crippen LogP contribution in [0.1, 0.15) is 17.9 Å². The number of ether oxygens (including phenoxy) is 1. The van der Waals surface area contributed by atoms with Gasteiger partial charge in [-0.1, -0.05) is 18.2 Å². The first-order valence-electron chi connectivity index (χ1n) is 4.54. The highest BCUT2D eigenvalue weighted by molar-refractivity contribution is 5.71.